The molecular weight excluding hydrogens is 408 g/mol. The molecule has 2 heterocycles. The molecule has 2 N–H and O–H groups in total. The third-order valence-corrected chi connectivity index (χ3v) is 5.09. The average molecular weight is 440 g/mol. The largest absolute Gasteiger partial charge is 0.466 e. The van der Waals surface area contributed by atoms with Gasteiger partial charge in [0.1, 0.15) is 12.1 Å². The van der Waals surface area contributed by atoms with E-state index in [0.717, 1.165) is 0 Å². The van der Waals surface area contributed by atoms with Crippen molar-refractivity contribution >= 4 is 29.7 Å². The fraction of sp³-hybridized carbons (Fsp3) is 0.750. The van der Waals surface area contributed by atoms with Crippen molar-refractivity contribution in [2.45, 2.75) is 51.6 Å². The molecule has 0 saturated carbocycles. The van der Waals surface area contributed by atoms with Gasteiger partial charge in [-0.2, -0.15) is 0 Å². The number of ether oxygens (including phenoxy) is 2. The molecule has 0 radical (unpaired) electrons. The van der Waals surface area contributed by atoms with Crippen LogP contribution in [0.4, 0.5) is 0 Å². The molecule has 0 aromatic carbocycles. The zero-order chi connectivity index (χ0) is 22.8. The van der Waals surface area contributed by atoms with Crippen molar-refractivity contribution in [2.24, 2.45) is 0 Å². The molecule has 11 nitrogen and oxygen atoms in total. The Bertz CT molecular complexity index is 684. The summed E-state index contributed by atoms with van der Waals surface area (Å²) < 4.78 is 10.1. The van der Waals surface area contributed by atoms with Crippen LogP contribution in [0.15, 0.2) is 0 Å². The van der Waals surface area contributed by atoms with Crippen molar-refractivity contribution in [3.8, 4) is 0 Å². The normalized spacial score (nSPS) is 21.8. The first-order chi connectivity index (χ1) is 14.9. The Kier molecular flexibility index (Phi) is 9.70. The van der Waals surface area contributed by atoms with E-state index in [4.69, 9.17) is 9.47 Å². The summed E-state index contributed by atoms with van der Waals surface area (Å²) in [6.07, 6.45) is 0.936. The molecule has 2 rings (SSSR count). The predicted molar refractivity (Wildman–Crippen MR) is 109 cm³/mol. The van der Waals surface area contributed by atoms with Crippen molar-refractivity contribution in [1.82, 2.24) is 20.4 Å². The summed E-state index contributed by atoms with van der Waals surface area (Å²) in [4.78, 5) is 64.7. The van der Waals surface area contributed by atoms with Gasteiger partial charge in [-0.15, -0.1) is 0 Å². The summed E-state index contributed by atoms with van der Waals surface area (Å²) in [7, 11) is 0. The molecule has 2 unspecified atom stereocenters. The number of amides is 3. The van der Waals surface area contributed by atoms with Crippen molar-refractivity contribution in [3.05, 3.63) is 0 Å². The Morgan fingerprint density at radius 2 is 1.39 bits per heavy atom. The minimum absolute atomic E-state index is 0.146. The molecule has 0 bridgehead atoms. The van der Waals surface area contributed by atoms with Gasteiger partial charge in [0.25, 0.3) is 0 Å². The van der Waals surface area contributed by atoms with E-state index >= 15 is 0 Å². The van der Waals surface area contributed by atoms with Crippen molar-refractivity contribution in [1.29, 1.82) is 0 Å². The highest BCUT2D eigenvalue weighted by atomic mass is 16.5. The maximum atomic E-state index is 13.0. The van der Waals surface area contributed by atoms with Gasteiger partial charge in [0.05, 0.1) is 32.6 Å². The lowest BCUT2D eigenvalue weighted by molar-refractivity contribution is -0.154. The van der Waals surface area contributed by atoms with Crippen LogP contribution < -0.4 is 10.6 Å². The molecule has 0 aliphatic carbocycles. The molecule has 174 valence electrons. The molecule has 2 aliphatic heterocycles. The second-order valence-electron chi connectivity index (χ2n) is 7.52. The van der Waals surface area contributed by atoms with Crippen LogP contribution >= 0.6 is 0 Å². The van der Waals surface area contributed by atoms with Crippen LogP contribution in [0.25, 0.3) is 0 Å². The van der Waals surface area contributed by atoms with Gasteiger partial charge in [0, 0.05) is 26.2 Å². The first-order valence-corrected chi connectivity index (χ1v) is 10.8. The number of hydrogen-bond donors (Lipinski definition) is 2. The van der Waals surface area contributed by atoms with Gasteiger partial charge in [0.15, 0.2) is 0 Å². The molecule has 2 atom stereocenters. The van der Waals surface area contributed by atoms with Crippen LogP contribution in [-0.2, 0) is 33.4 Å². The minimum Gasteiger partial charge on any atom is -0.466 e. The molecule has 0 aromatic heterocycles. The van der Waals surface area contributed by atoms with Crippen LogP contribution in [0.2, 0.25) is 0 Å². The minimum atomic E-state index is -0.961. The third-order valence-electron chi connectivity index (χ3n) is 5.09. The van der Waals surface area contributed by atoms with E-state index in [9.17, 15) is 24.0 Å². The zero-order valence-electron chi connectivity index (χ0n) is 18.2. The highest BCUT2D eigenvalue weighted by Gasteiger charge is 2.38. The Balaban J connectivity index is 2.04. The van der Waals surface area contributed by atoms with Crippen LogP contribution in [0, 0.1) is 0 Å². The van der Waals surface area contributed by atoms with Gasteiger partial charge >= 0.3 is 11.9 Å². The quantitative estimate of drug-likeness (QED) is 0.405. The van der Waals surface area contributed by atoms with Gasteiger partial charge < -0.3 is 25.0 Å². The van der Waals surface area contributed by atoms with Gasteiger partial charge in [-0.1, -0.05) is 13.8 Å². The fourth-order valence-electron chi connectivity index (χ4n) is 3.52. The lowest BCUT2D eigenvalue weighted by Crippen LogP contribution is -2.62. The number of hydrogen-bond acceptors (Lipinski definition) is 8. The van der Waals surface area contributed by atoms with Gasteiger partial charge in [-0.25, -0.2) is 0 Å². The summed E-state index contributed by atoms with van der Waals surface area (Å²) in [5, 5.41) is 5.36. The number of rotatable bonds is 10. The van der Waals surface area contributed by atoms with Crippen LogP contribution in [0.1, 0.15) is 39.5 Å². The highest BCUT2D eigenvalue weighted by Crippen LogP contribution is 2.15. The molecule has 2 aliphatic rings. The van der Waals surface area contributed by atoms with Crippen LogP contribution in [0.5, 0.6) is 0 Å². The molecule has 31 heavy (non-hydrogen) atoms. The number of nitrogens with zero attached hydrogens (tertiary/aromatic N) is 2. The predicted octanol–water partition coefficient (Wildman–Crippen LogP) is -1.20. The second-order valence-corrected chi connectivity index (χ2v) is 7.52. The maximum Gasteiger partial charge on any atom is 0.308 e. The van der Waals surface area contributed by atoms with Crippen molar-refractivity contribution in [3.63, 3.8) is 0 Å². The van der Waals surface area contributed by atoms with Gasteiger partial charge in [-0.05, 0) is 12.8 Å². The number of carbonyl (C=O) groups is 5. The maximum absolute atomic E-state index is 13.0. The van der Waals surface area contributed by atoms with E-state index in [1.165, 1.54) is 4.90 Å². The van der Waals surface area contributed by atoms with Crippen molar-refractivity contribution < 1.29 is 33.4 Å². The van der Waals surface area contributed by atoms with Crippen LogP contribution in [0.3, 0.4) is 0 Å². The number of carbonyl (C=O) groups excluding carboxylic acids is 5. The summed E-state index contributed by atoms with van der Waals surface area (Å²) in [6.45, 7) is 5.36. The lowest BCUT2D eigenvalue weighted by Gasteiger charge is -2.38. The molecule has 3 amide bonds. The SMILES string of the molecule is CCCOC(=O)CC1C(=O)NCCN1CC(=O)N1CCNC(=O)C1CC(=O)OCCC. The lowest BCUT2D eigenvalue weighted by atomic mass is 10.1. The first kappa shape index (κ1) is 24.6. The third kappa shape index (κ3) is 7.20. The Hall–Kier alpha value is -2.69. The Morgan fingerprint density at radius 3 is 1.97 bits per heavy atom. The number of esters is 2. The average Bonchev–Trinajstić information content (AvgIpc) is 2.74. The monoisotopic (exact) mass is 440 g/mol. The molecular formula is C20H32N4O7. The number of nitrogens with one attached hydrogen (secondary N) is 2. The Morgan fingerprint density at radius 1 is 0.871 bits per heavy atom. The smallest absolute Gasteiger partial charge is 0.308 e. The van der Waals surface area contributed by atoms with Crippen LogP contribution in [-0.4, -0.2) is 97.5 Å². The van der Waals surface area contributed by atoms with Gasteiger partial charge in [0.2, 0.25) is 17.7 Å². The fourth-order valence-corrected chi connectivity index (χ4v) is 3.52. The highest BCUT2D eigenvalue weighted by molar-refractivity contribution is 5.93. The summed E-state index contributed by atoms with van der Waals surface area (Å²) in [5.74, 6) is -2.19. The first-order valence-electron chi connectivity index (χ1n) is 10.8. The second kappa shape index (κ2) is 12.2. The van der Waals surface area contributed by atoms with Crippen molar-refractivity contribution in [2.75, 3.05) is 45.9 Å². The van der Waals surface area contributed by atoms with E-state index in [-0.39, 0.29) is 57.5 Å². The molecule has 2 saturated heterocycles. The summed E-state index contributed by atoms with van der Waals surface area (Å²) in [5.41, 5.74) is 0. The Labute approximate surface area is 181 Å². The van der Waals surface area contributed by atoms with E-state index in [0.29, 0.717) is 25.9 Å². The summed E-state index contributed by atoms with van der Waals surface area (Å²) in [6, 6.07) is -1.79. The van der Waals surface area contributed by atoms with E-state index < -0.39 is 29.9 Å². The standard InChI is InChI=1S/C20H32N4O7/c1-3-9-30-17(26)11-14-19(28)21-5-7-23(14)13-16(25)24-8-6-22-20(29)15(24)12-18(27)31-10-4-2/h14-15H,3-13H2,1-2H3,(H,21,28)(H,22,29). The topological polar surface area (TPSA) is 134 Å². The number of piperazine rings is 2. The molecule has 0 spiro atoms. The summed E-state index contributed by atoms with van der Waals surface area (Å²) >= 11 is 0. The molecule has 11 heteroatoms. The molecule has 0 aromatic rings. The van der Waals surface area contributed by atoms with E-state index in [1.54, 1.807) is 4.90 Å². The van der Waals surface area contributed by atoms with Gasteiger partial charge in [-0.3, -0.25) is 28.9 Å². The zero-order valence-corrected chi connectivity index (χ0v) is 18.2. The van der Waals surface area contributed by atoms with E-state index in [2.05, 4.69) is 10.6 Å². The molecule has 2 fully saturated rings. The van der Waals surface area contributed by atoms with E-state index in [1.807, 2.05) is 13.8 Å².